The fourth-order valence-corrected chi connectivity index (χ4v) is 2.48. The van der Waals surface area contributed by atoms with Gasteiger partial charge in [0.1, 0.15) is 5.69 Å². The number of aromatic amines is 1. The van der Waals surface area contributed by atoms with Crippen LogP contribution in [0.2, 0.25) is 0 Å². The molecule has 3 aromatic rings. The minimum absolute atomic E-state index is 0.144. The summed E-state index contributed by atoms with van der Waals surface area (Å²) in [4.78, 5) is 3.11. The number of benzene rings is 2. The van der Waals surface area contributed by atoms with E-state index in [0.29, 0.717) is 5.56 Å². The molecule has 3 nitrogen and oxygen atoms in total. The van der Waals surface area contributed by atoms with Gasteiger partial charge in [-0.3, -0.25) is 5.43 Å². The third-order valence-electron chi connectivity index (χ3n) is 3.71. The second-order valence-corrected chi connectivity index (χ2v) is 5.15. The molecule has 0 atom stereocenters. The number of rotatable bonds is 4. The Bertz CT molecular complexity index is 905. The Balaban J connectivity index is 1.91. The zero-order chi connectivity index (χ0) is 17.3. The smallest absolute Gasteiger partial charge is 0.186 e. The first-order valence-electron chi connectivity index (χ1n) is 7.24. The molecule has 0 bridgehead atoms. The number of halogens is 4. The van der Waals surface area contributed by atoms with E-state index in [1.165, 1.54) is 6.21 Å². The van der Waals surface area contributed by atoms with E-state index in [4.69, 9.17) is 0 Å². The van der Waals surface area contributed by atoms with Gasteiger partial charge in [-0.15, -0.1) is 0 Å². The molecular weight excluding hydrogens is 322 g/mol. The molecular formula is C17H13F4N3. The molecule has 0 aliphatic heterocycles. The Morgan fingerprint density at radius 2 is 1.83 bits per heavy atom. The highest BCUT2D eigenvalue weighted by Crippen LogP contribution is 2.24. The van der Waals surface area contributed by atoms with Crippen LogP contribution in [-0.2, 0) is 6.42 Å². The third-order valence-corrected chi connectivity index (χ3v) is 3.71. The molecule has 0 aliphatic carbocycles. The Kier molecular flexibility index (Phi) is 4.24. The van der Waals surface area contributed by atoms with E-state index >= 15 is 0 Å². The standard InChI is InChI=1S/C17H13F4N3/c1-2-9-4-3-5-11-10(7-22-16(9)11)8-23-24-17-14(20)12(18)6-13(19)15(17)21/h3-8,22,24H,2H2,1H3/b23-8+. The van der Waals surface area contributed by atoms with Gasteiger partial charge in [-0.05, 0) is 12.0 Å². The van der Waals surface area contributed by atoms with Crippen molar-refractivity contribution in [2.24, 2.45) is 5.10 Å². The quantitative estimate of drug-likeness (QED) is 0.308. The summed E-state index contributed by atoms with van der Waals surface area (Å²) in [6.07, 6.45) is 3.85. The van der Waals surface area contributed by atoms with Gasteiger partial charge in [-0.2, -0.15) is 5.10 Å². The van der Waals surface area contributed by atoms with Crippen LogP contribution >= 0.6 is 0 Å². The number of anilines is 1. The molecule has 0 amide bonds. The summed E-state index contributed by atoms with van der Waals surface area (Å²) in [5.74, 6) is -6.05. The first-order chi connectivity index (χ1) is 11.5. The van der Waals surface area contributed by atoms with Crippen LogP contribution in [0, 0.1) is 23.3 Å². The SMILES string of the molecule is CCc1cccc2c(/C=N/Nc3c(F)c(F)cc(F)c3F)c[nH]c12. The summed E-state index contributed by atoms with van der Waals surface area (Å²) in [7, 11) is 0. The van der Waals surface area contributed by atoms with Crippen molar-refractivity contribution in [1.29, 1.82) is 0 Å². The van der Waals surface area contributed by atoms with E-state index in [1.54, 1.807) is 6.20 Å². The number of H-pyrrole nitrogens is 1. The van der Waals surface area contributed by atoms with Crippen molar-refractivity contribution in [1.82, 2.24) is 4.98 Å². The lowest BCUT2D eigenvalue weighted by atomic mass is 10.1. The maximum atomic E-state index is 13.5. The van der Waals surface area contributed by atoms with Crippen LogP contribution in [0.1, 0.15) is 18.1 Å². The zero-order valence-corrected chi connectivity index (χ0v) is 12.6. The van der Waals surface area contributed by atoms with Crippen LogP contribution < -0.4 is 5.43 Å². The van der Waals surface area contributed by atoms with E-state index in [9.17, 15) is 17.6 Å². The highest BCUT2D eigenvalue weighted by molar-refractivity contribution is 6.00. The van der Waals surface area contributed by atoms with Crippen molar-refractivity contribution >= 4 is 22.8 Å². The molecule has 1 heterocycles. The second kappa shape index (κ2) is 6.35. The topological polar surface area (TPSA) is 40.2 Å². The number of nitrogens with one attached hydrogen (secondary N) is 2. The minimum atomic E-state index is -1.53. The molecule has 0 aliphatic rings. The molecule has 3 rings (SSSR count). The largest absolute Gasteiger partial charge is 0.360 e. The van der Waals surface area contributed by atoms with Crippen molar-refractivity contribution in [2.75, 3.05) is 5.43 Å². The lowest BCUT2D eigenvalue weighted by Gasteiger charge is -2.05. The molecule has 0 unspecified atom stereocenters. The molecule has 2 aromatic carbocycles. The normalized spacial score (nSPS) is 11.5. The number of hydrazone groups is 1. The number of fused-ring (bicyclic) bond motifs is 1. The highest BCUT2D eigenvalue weighted by Gasteiger charge is 2.18. The summed E-state index contributed by atoms with van der Waals surface area (Å²) >= 11 is 0. The minimum Gasteiger partial charge on any atom is -0.360 e. The number of aryl methyl sites for hydroxylation is 1. The molecule has 0 saturated carbocycles. The molecule has 0 saturated heterocycles. The van der Waals surface area contributed by atoms with Crippen LogP contribution in [-0.4, -0.2) is 11.2 Å². The molecule has 2 N–H and O–H groups in total. The van der Waals surface area contributed by atoms with Crippen LogP contribution in [0.4, 0.5) is 23.2 Å². The average Bonchev–Trinajstić information content (AvgIpc) is 2.99. The number of aromatic nitrogens is 1. The van der Waals surface area contributed by atoms with E-state index in [-0.39, 0.29) is 6.07 Å². The maximum absolute atomic E-state index is 13.5. The Hall–Kier alpha value is -2.83. The van der Waals surface area contributed by atoms with Gasteiger partial charge < -0.3 is 4.98 Å². The van der Waals surface area contributed by atoms with Crippen molar-refractivity contribution in [3.63, 3.8) is 0 Å². The second-order valence-electron chi connectivity index (χ2n) is 5.15. The summed E-state index contributed by atoms with van der Waals surface area (Å²) < 4.78 is 53.3. The Labute approximate surface area is 135 Å². The monoisotopic (exact) mass is 335 g/mol. The predicted octanol–water partition coefficient (Wildman–Crippen LogP) is 4.73. The highest BCUT2D eigenvalue weighted by atomic mass is 19.2. The fourth-order valence-electron chi connectivity index (χ4n) is 2.48. The van der Waals surface area contributed by atoms with Crippen LogP contribution in [0.25, 0.3) is 10.9 Å². The van der Waals surface area contributed by atoms with Crippen molar-refractivity contribution in [2.45, 2.75) is 13.3 Å². The zero-order valence-electron chi connectivity index (χ0n) is 12.6. The lowest BCUT2D eigenvalue weighted by Crippen LogP contribution is -2.02. The number of hydrogen-bond acceptors (Lipinski definition) is 2. The molecule has 0 radical (unpaired) electrons. The van der Waals surface area contributed by atoms with Gasteiger partial charge in [0.2, 0.25) is 0 Å². The maximum Gasteiger partial charge on any atom is 0.186 e. The average molecular weight is 335 g/mol. The molecule has 1 aromatic heterocycles. The third kappa shape index (κ3) is 2.73. The van der Waals surface area contributed by atoms with E-state index in [1.807, 2.05) is 30.5 Å². The molecule has 7 heteroatoms. The molecule has 0 spiro atoms. The summed E-state index contributed by atoms with van der Waals surface area (Å²) in [6.45, 7) is 2.02. The van der Waals surface area contributed by atoms with Crippen molar-refractivity contribution in [3.8, 4) is 0 Å². The van der Waals surface area contributed by atoms with Gasteiger partial charge in [0.25, 0.3) is 0 Å². The van der Waals surface area contributed by atoms with Crippen LogP contribution in [0.5, 0.6) is 0 Å². The Morgan fingerprint density at radius 3 is 2.50 bits per heavy atom. The van der Waals surface area contributed by atoms with Crippen molar-refractivity contribution < 1.29 is 17.6 Å². The van der Waals surface area contributed by atoms with Gasteiger partial charge in [0, 0.05) is 28.7 Å². The van der Waals surface area contributed by atoms with Gasteiger partial charge in [0.05, 0.1) is 6.21 Å². The predicted molar refractivity (Wildman–Crippen MR) is 85.2 cm³/mol. The van der Waals surface area contributed by atoms with Crippen LogP contribution in [0.3, 0.4) is 0 Å². The summed E-state index contributed by atoms with van der Waals surface area (Å²) in [6, 6.07) is 5.89. The first-order valence-corrected chi connectivity index (χ1v) is 7.24. The summed E-state index contributed by atoms with van der Waals surface area (Å²) in [5, 5.41) is 4.57. The van der Waals surface area contributed by atoms with Gasteiger partial charge >= 0.3 is 0 Å². The Morgan fingerprint density at radius 1 is 1.12 bits per heavy atom. The molecule has 0 fully saturated rings. The van der Waals surface area contributed by atoms with Crippen LogP contribution in [0.15, 0.2) is 35.6 Å². The number of nitrogens with zero attached hydrogens (tertiary/aromatic N) is 1. The molecule has 124 valence electrons. The van der Waals surface area contributed by atoms with E-state index < -0.39 is 29.0 Å². The fraction of sp³-hybridized carbons (Fsp3) is 0.118. The van der Waals surface area contributed by atoms with E-state index in [2.05, 4.69) is 10.1 Å². The number of hydrogen-bond donors (Lipinski definition) is 2. The lowest BCUT2D eigenvalue weighted by molar-refractivity contribution is 0.458. The first kappa shape index (κ1) is 16.0. The van der Waals surface area contributed by atoms with Gasteiger partial charge in [-0.25, -0.2) is 17.6 Å². The van der Waals surface area contributed by atoms with Gasteiger partial charge in [-0.1, -0.05) is 25.1 Å². The number of para-hydroxylation sites is 1. The van der Waals surface area contributed by atoms with Gasteiger partial charge in [0.15, 0.2) is 23.3 Å². The molecule has 24 heavy (non-hydrogen) atoms. The summed E-state index contributed by atoms with van der Waals surface area (Å²) in [5.41, 5.74) is 3.77. The van der Waals surface area contributed by atoms with Crippen molar-refractivity contribution in [3.05, 3.63) is 64.9 Å². The van der Waals surface area contributed by atoms with E-state index in [0.717, 1.165) is 22.9 Å².